The minimum absolute atomic E-state index is 0.229. The number of carbonyl (C=O) groups is 3. The van der Waals surface area contributed by atoms with Crippen molar-refractivity contribution in [1.29, 1.82) is 0 Å². The standard InChI is InChI=1S/C29H32ClN3O4S2/c1-18-9-7-8-12-20(18)16-31-27(36)25-29(2,3)38-17-33(25)28(37)24(34)21(15-19-10-5-4-6-11-19)32-26(35)22-13-14-23(30)39-22/h4-14,21,24-25,34H,15-17H2,1-3H3,(H,31,36)(H,32,35)/t21-,24-,25+/m0/s1. The highest BCUT2D eigenvalue weighted by Crippen LogP contribution is 2.40. The molecule has 10 heteroatoms. The van der Waals surface area contributed by atoms with Gasteiger partial charge in [-0.2, -0.15) is 0 Å². The molecule has 0 aliphatic carbocycles. The van der Waals surface area contributed by atoms with Gasteiger partial charge in [0.25, 0.3) is 11.8 Å². The van der Waals surface area contributed by atoms with Crippen molar-refractivity contribution in [1.82, 2.24) is 15.5 Å². The molecule has 0 bridgehead atoms. The number of amides is 3. The van der Waals surface area contributed by atoms with E-state index in [-0.39, 0.29) is 18.2 Å². The van der Waals surface area contributed by atoms with Crippen molar-refractivity contribution in [3.63, 3.8) is 0 Å². The Kier molecular flexibility index (Phi) is 9.38. The normalized spacial score (nSPS) is 17.9. The minimum atomic E-state index is -1.56. The minimum Gasteiger partial charge on any atom is -0.381 e. The maximum absolute atomic E-state index is 13.7. The Labute approximate surface area is 241 Å². The van der Waals surface area contributed by atoms with Gasteiger partial charge in [0.05, 0.1) is 21.1 Å². The lowest BCUT2D eigenvalue weighted by atomic mass is 9.97. The molecule has 0 saturated carbocycles. The Morgan fingerprint density at radius 1 is 1.08 bits per heavy atom. The molecule has 1 aliphatic rings. The molecule has 3 amide bonds. The molecular formula is C29H32ClN3O4S2. The lowest BCUT2D eigenvalue weighted by Crippen LogP contribution is -2.58. The second-order valence-corrected chi connectivity index (χ2v) is 13.4. The van der Waals surface area contributed by atoms with Crippen LogP contribution in [0.4, 0.5) is 0 Å². The fraction of sp³-hybridized carbons (Fsp3) is 0.345. The lowest BCUT2D eigenvalue weighted by Gasteiger charge is -2.33. The highest BCUT2D eigenvalue weighted by molar-refractivity contribution is 8.00. The van der Waals surface area contributed by atoms with E-state index in [4.69, 9.17) is 11.6 Å². The SMILES string of the molecule is Cc1ccccc1CNC(=O)[C@H]1N(C(=O)[C@@H](O)[C@H](Cc2ccccc2)NC(=O)c2ccc(Cl)s2)CSC1(C)C. The topological polar surface area (TPSA) is 98.7 Å². The summed E-state index contributed by atoms with van der Waals surface area (Å²) in [6, 6.07) is 18.6. The van der Waals surface area contributed by atoms with E-state index >= 15 is 0 Å². The first-order chi connectivity index (χ1) is 18.6. The number of aliphatic hydroxyl groups is 1. The highest BCUT2D eigenvalue weighted by Gasteiger charge is 2.49. The number of halogens is 1. The molecule has 0 spiro atoms. The van der Waals surface area contributed by atoms with Gasteiger partial charge in [0, 0.05) is 11.3 Å². The van der Waals surface area contributed by atoms with Crippen LogP contribution in [0.3, 0.4) is 0 Å². The maximum atomic E-state index is 13.7. The summed E-state index contributed by atoms with van der Waals surface area (Å²) >= 11 is 8.60. The zero-order valence-electron chi connectivity index (χ0n) is 22.0. The number of aryl methyl sites for hydroxylation is 1. The Morgan fingerprint density at radius 2 is 1.77 bits per heavy atom. The zero-order chi connectivity index (χ0) is 28.2. The molecule has 1 aromatic heterocycles. The van der Waals surface area contributed by atoms with Gasteiger partial charge in [-0.1, -0.05) is 66.2 Å². The average molecular weight is 586 g/mol. The van der Waals surface area contributed by atoms with Crippen LogP contribution in [0.5, 0.6) is 0 Å². The van der Waals surface area contributed by atoms with Crippen LogP contribution >= 0.6 is 34.7 Å². The fourth-order valence-corrected chi connectivity index (χ4v) is 6.71. The predicted octanol–water partition coefficient (Wildman–Crippen LogP) is 4.41. The summed E-state index contributed by atoms with van der Waals surface area (Å²) in [6.45, 7) is 6.15. The van der Waals surface area contributed by atoms with Crippen LogP contribution in [0.1, 0.15) is 40.2 Å². The van der Waals surface area contributed by atoms with E-state index in [9.17, 15) is 19.5 Å². The number of hydrogen-bond acceptors (Lipinski definition) is 6. The summed E-state index contributed by atoms with van der Waals surface area (Å²) in [5.41, 5.74) is 2.90. The number of thiophene rings is 1. The summed E-state index contributed by atoms with van der Waals surface area (Å²) < 4.78 is -0.107. The number of rotatable bonds is 9. The van der Waals surface area contributed by atoms with Crippen molar-refractivity contribution in [2.24, 2.45) is 0 Å². The monoisotopic (exact) mass is 585 g/mol. The van der Waals surface area contributed by atoms with Crippen LogP contribution in [0.15, 0.2) is 66.7 Å². The molecule has 0 unspecified atom stereocenters. The van der Waals surface area contributed by atoms with Crippen LogP contribution in [0, 0.1) is 6.92 Å². The summed E-state index contributed by atoms with van der Waals surface area (Å²) in [4.78, 5) is 41.9. The van der Waals surface area contributed by atoms with Gasteiger partial charge in [-0.15, -0.1) is 23.1 Å². The van der Waals surface area contributed by atoms with Crippen molar-refractivity contribution in [2.45, 2.75) is 56.7 Å². The van der Waals surface area contributed by atoms with Crippen molar-refractivity contribution < 1.29 is 19.5 Å². The third-order valence-electron chi connectivity index (χ3n) is 6.84. The van der Waals surface area contributed by atoms with Crippen molar-refractivity contribution >= 4 is 52.4 Å². The summed E-state index contributed by atoms with van der Waals surface area (Å²) in [6.07, 6.45) is -1.33. The van der Waals surface area contributed by atoms with E-state index in [1.165, 1.54) is 16.7 Å². The van der Waals surface area contributed by atoms with E-state index in [0.29, 0.717) is 15.8 Å². The molecule has 1 aliphatic heterocycles. The van der Waals surface area contributed by atoms with Crippen molar-refractivity contribution in [3.8, 4) is 0 Å². The molecule has 3 aromatic rings. The van der Waals surface area contributed by atoms with Gasteiger partial charge >= 0.3 is 0 Å². The van der Waals surface area contributed by atoms with Gasteiger partial charge in [-0.3, -0.25) is 14.4 Å². The van der Waals surface area contributed by atoms with Gasteiger partial charge in [0.1, 0.15) is 6.04 Å². The largest absolute Gasteiger partial charge is 0.381 e. The molecule has 0 radical (unpaired) electrons. The first-order valence-electron chi connectivity index (χ1n) is 12.6. The maximum Gasteiger partial charge on any atom is 0.261 e. The number of thioether (sulfide) groups is 1. The van der Waals surface area contributed by atoms with Crippen LogP contribution < -0.4 is 10.6 Å². The first-order valence-corrected chi connectivity index (χ1v) is 14.8. The Bertz CT molecular complexity index is 1330. The second kappa shape index (κ2) is 12.6. The molecule has 39 heavy (non-hydrogen) atoms. The molecule has 206 valence electrons. The number of nitrogens with one attached hydrogen (secondary N) is 2. The number of aliphatic hydroxyl groups excluding tert-OH is 1. The van der Waals surface area contributed by atoms with E-state index in [1.807, 2.05) is 75.4 Å². The van der Waals surface area contributed by atoms with Crippen LogP contribution in [-0.4, -0.2) is 56.5 Å². The molecule has 1 fully saturated rings. The van der Waals surface area contributed by atoms with Crippen molar-refractivity contribution in [3.05, 3.63) is 92.6 Å². The van der Waals surface area contributed by atoms with E-state index in [0.717, 1.165) is 28.0 Å². The highest BCUT2D eigenvalue weighted by atomic mass is 35.5. The van der Waals surface area contributed by atoms with Gasteiger partial charge in [0.15, 0.2) is 6.10 Å². The summed E-state index contributed by atoms with van der Waals surface area (Å²) in [5, 5.41) is 17.1. The molecule has 3 atom stereocenters. The molecular weight excluding hydrogens is 554 g/mol. The molecule has 1 saturated heterocycles. The van der Waals surface area contributed by atoms with Crippen molar-refractivity contribution in [2.75, 3.05) is 5.88 Å². The molecule has 7 nitrogen and oxygen atoms in total. The smallest absolute Gasteiger partial charge is 0.261 e. The first kappa shape index (κ1) is 29.1. The van der Waals surface area contributed by atoms with Gasteiger partial charge < -0.3 is 20.6 Å². The Morgan fingerprint density at radius 3 is 2.44 bits per heavy atom. The van der Waals surface area contributed by atoms with Crippen LogP contribution in [0.25, 0.3) is 0 Å². The molecule has 2 heterocycles. The zero-order valence-corrected chi connectivity index (χ0v) is 24.4. The lowest BCUT2D eigenvalue weighted by molar-refractivity contribution is -0.147. The van der Waals surface area contributed by atoms with Gasteiger partial charge in [-0.25, -0.2) is 0 Å². The van der Waals surface area contributed by atoms with Crippen LogP contribution in [-0.2, 0) is 22.6 Å². The number of benzene rings is 2. The molecule has 4 rings (SSSR count). The molecule has 2 aromatic carbocycles. The number of nitrogens with zero attached hydrogens (tertiary/aromatic N) is 1. The molecule has 3 N–H and O–H groups in total. The van der Waals surface area contributed by atoms with E-state index in [1.54, 1.807) is 12.1 Å². The quantitative estimate of drug-likeness (QED) is 0.346. The van der Waals surface area contributed by atoms with Gasteiger partial charge in [0.2, 0.25) is 5.91 Å². The average Bonchev–Trinajstić information content (AvgIpc) is 3.49. The predicted molar refractivity (Wildman–Crippen MR) is 157 cm³/mol. The number of hydrogen-bond donors (Lipinski definition) is 3. The summed E-state index contributed by atoms with van der Waals surface area (Å²) in [5.74, 6) is -1.07. The Balaban J connectivity index is 1.53. The Hall–Kier alpha value is -2.85. The van der Waals surface area contributed by atoms with E-state index < -0.39 is 34.7 Å². The van der Waals surface area contributed by atoms with E-state index in [2.05, 4.69) is 10.6 Å². The van der Waals surface area contributed by atoms with Crippen LogP contribution in [0.2, 0.25) is 4.34 Å². The third-order valence-corrected chi connectivity index (χ3v) is 9.44. The summed E-state index contributed by atoms with van der Waals surface area (Å²) in [7, 11) is 0. The third kappa shape index (κ3) is 7.03. The number of carbonyl (C=O) groups excluding carboxylic acids is 3. The van der Waals surface area contributed by atoms with Gasteiger partial charge in [-0.05, 0) is 56.0 Å². The second-order valence-electron chi connectivity index (χ2n) is 10.1. The fourth-order valence-electron chi connectivity index (χ4n) is 4.63.